The second kappa shape index (κ2) is 5.56. The first-order valence-corrected chi connectivity index (χ1v) is 7.82. The van der Waals surface area contributed by atoms with Crippen LogP contribution in [-0.2, 0) is 17.6 Å². The molecule has 2 aromatic carbocycles. The number of carbonyl (C=O) groups excluding carboxylic acids is 1. The quantitative estimate of drug-likeness (QED) is 0.696. The first kappa shape index (κ1) is 14.0. The topological polar surface area (TPSA) is 65.1 Å². The lowest BCUT2D eigenvalue weighted by atomic mass is 10.1. The van der Waals surface area contributed by atoms with Crippen LogP contribution in [0.2, 0.25) is 0 Å². The van der Waals surface area contributed by atoms with Gasteiger partial charge in [-0.2, -0.15) is 0 Å². The summed E-state index contributed by atoms with van der Waals surface area (Å²) >= 11 is 0. The smallest absolute Gasteiger partial charge is 0.225 e. The van der Waals surface area contributed by atoms with Crippen molar-refractivity contribution in [2.45, 2.75) is 25.0 Å². The molecule has 0 saturated carbocycles. The molecule has 1 aliphatic carbocycles. The molecule has 1 aromatic heterocycles. The van der Waals surface area contributed by atoms with E-state index in [0.717, 1.165) is 27.6 Å². The maximum atomic E-state index is 12.4. The fraction of sp³-hybridized carbons (Fsp3) is 0.211. The number of aliphatic hydroxyl groups excluding tert-OH is 1. The van der Waals surface area contributed by atoms with Gasteiger partial charge in [0.05, 0.1) is 18.6 Å². The zero-order chi connectivity index (χ0) is 15.8. The molecule has 0 aliphatic heterocycles. The van der Waals surface area contributed by atoms with Gasteiger partial charge in [0.25, 0.3) is 0 Å². The fourth-order valence-corrected chi connectivity index (χ4v) is 3.42. The van der Waals surface area contributed by atoms with Gasteiger partial charge in [0.2, 0.25) is 5.91 Å². The van der Waals surface area contributed by atoms with E-state index in [1.165, 1.54) is 0 Å². The monoisotopic (exact) mass is 306 g/mol. The van der Waals surface area contributed by atoms with E-state index >= 15 is 0 Å². The molecule has 1 heterocycles. The molecule has 1 amide bonds. The number of fused-ring (bicyclic) bond motifs is 2. The van der Waals surface area contributed by atoms with Gasteiger partial charge in [-0.1, -0.05) is 42.5 Å². The minimum absolute atomic E-state index is 0.0736. The molecular formula is C19H18N2O2. The molecule has 3 aromatic rings. The predicted molar refractivity (Wildman–Crippen MR) is 89.0 cm³/mol. The van der Waals surface area contributed by atoms with Crippen LogP contribution < -0.4 is 5.32 Å². The van der Waals surface area contributed by atoms with E-state index in [1.54, 1.807) is 0 Å². The van der Waals surface area contributed by atoms with Gasteiger partial charge >= 0.3 is 0 Å². The average Bonchev–Trinajstić information content (AvgIpc) is 3.10. The van der Waals surface area contributed by atoms with Gasteiger partial charge in [-0.05, 0) is 22.8 Å². The molecule has 0 fully saturated rings. The Balaban J connectivity index is 1.52. The summed E-state index contributed by atoms with van der Waals surface area (Å²) in [7, 11) is 0. The SMILES string of the molecule is O=C(Cc1c[nH]c2ccccc12)NC1c2ccccc2CC1O. The molecule has 0 radical (unpaired) electrons. The first-order chi connectivity index (χ1) is 11.2. The standard InChI is InChI=1S/C19H18N2O2/c22-17-9-12-5-1-2-7-15(12)19(17)21-18(23)10-13-11-20-16-8-4-3-6-14(13)16/h1-8,11,17,19-20,22H,9-10H2,(H,21,23). The Morgan fingerprint density at radius 2 is 1.96 bits per heavy atom. The summed E-state index contributed by atoms with van der Waals surface area (Å²) < 4.78 is 0. The number of aromatic nitrogens is 1. The molecule has 23 heavy (non-hydrogen) atoms. The van der Waals surface area contributed by atoms with Crippen molar-refractivity contribution in [3.63, 3.8) is 0 Å². The van der Waals surface area contributed by atoms with Crippen molar-refractivity contribution < 1.29 is 9.90 Å². The van der Waals surface area contributed by atoms with Gasteiger partial charge in [0, 0.05) is 23.5 Å². The van der Waals surface area contributed by atoms with Gasteiger partial charge in [-0.3, -0.25) is 4.79 Å². The Bertz CT molecular complexity index is 868. The molecule has 3 N–H and O–H groups in total. The highest BCUT2D eigenvalue weighted by Crippen LogP contribution is 2.31. The number of H-pyrrole nitrogens is 1. The Hall–Kier alpha value is -2.59. The van der Waals surface area contributed by atoms with Gasteiger partial charge < -0.3 is 15.4 Å². The highest BCUT2D eigenvalue weighted by atomic mass is 16.3. The van der Waals surface area contributed by atoms with Crippen molar-refractivity contribution in [2.24, 2.45) is 0 Å². The number of amides is 1. The first-order valence-electron chi connectivity index (χ1n) is 7.82. The van der Waals surface area contributed by atoms with Gasteiger partial charge in [-0.15, -0.1) is 0 Å². The maximum absolute atomic E-state index is 12.4. The van der Waals surface area contributed by atoms with Crippen molar-refractivity contribution in [3.8, 4) is 0 Å². The minimum atomic E-state index is -0.556. The minimum Gasteiger partial charge on any atom is -0.390 e. The molecule has 4 nitrogen and oxygen atoms in total. The zero-order valence-corrected chi connectivity index (χ0v) is 12.6. The van der Waals surface area contributed by atoms with E-state index < -0.39 is 6.10 Å². The number of hydrogen-bond acceptors (Lipinski definition) is 2. The second-order valence-corrected chi connectivity index (χ2v) is 6.05. The number of benzene rings is 2. The number of carbonyl (C=O) groups is 1. The third kappa shape index (κ3) is 2.51. The summed E-state index contributed by atoms with van der Waals surface area (Å²) in [5.74, 6) is -0.0736. The van der Waals surface area contributed by atoms with Crippen molar-refractivity contribution in [2.75, 3.05) is 0 Å². The Labute approximate surface area is 134 Å². The highest BCUT2D eigenvalue weighted by Gasteiger charge is 2.31. The summed E-state index contributed by atoms with van der Waals surface area (Å²) in [6, 6.07) is 15.5. The van der Waals surface area contributed by atoms with Crippen LogP contribution in [0.15, 0.2) is 54.7 Å². The van der Waals surface area contributed by atoms with E-state index in [2.05, 4.69) is 10.3 Å². The zero-order valence-electron chi connectivity index (χ0n) is 12.6. The number of aromatic amines is 1. The normalized spacial score (nSPS) is 19.7. The number of hydrogen-bond donors (Lipinski definition) is 3. The van der Waals surface area contributed by atoms with Crippen LogP contribution in [-0.4, -0.2) is 22.1 Å². The molecule has 2 unspecified atom stereocenters. The van der Waals surface area contributed by atoms with Crippen LogP contribution in [0.5, 0.6) is 0 Å². The van der Waals surface area contributed by atoms with E-state index in [1.807, 2.05) is 54.7 Å². The number of rotatable bonds is 3. The number of para-hydroxylation sites is 1. The molecule has 4 heteroatoms. The van der Waals surface area contributed by atoms with E-state index in [0.29, 0.717) is 12.8 Å². The van der Waals surface area contributed by atoms with Crippen LogP contribution in [0, 0.1) is 0 Å². The molecule has 4 rings (SSSR count). The average molecular weight is 306 g/mol. The van der Waals surface area contributed by atoms with Crippen LogP contribution in [0.4, 0.5) is 0 Å². The molecule has 0 spiro atoms. The van der Waals surface area contributed by atoms with Crippen LogP contribution in [0.3, 0.4) is 0 Å². The van der Waals surface area contributed by atoms with Crippen LogP contribution in [0.1, 0.15) is 22.7 Å². The fourth-order valence-electron chi connectivity index (χ4n) is 3.42. The maximum Gasteiger partial charge on any atom is 0.225 e. The van der Waals surface area contributed by atoms with E-state index in [9.17, 15) is 9.90 Å². The van der Waals surface area contributed by atoms with Crippen molar-refractivity contribution in [3.05, 3.63) is 71.4 Å². The summed E-state index contributed by atoms with van der Waals surface area (Å²) in [5.41, 5.74) is 4.13. The van der Waals surface area contributed by atoms with Crippen molar-refractivity contribution in [1.82, 2.24) is 10.3 Å². The molecular weight excluding hydrogens is 288 g/mol. The Morgan fingerprint density at radius 1 is 1.17 bits per heavy atom. The summed E-state index contributed by atoms with van der Waals surface area (Å²) in [4.78, 5) is 15.6. The molecule has 116 valence electrons. The largest absolute Gasteiger partial charge is 0.390 e. The van der Waals surface area contributed by atoms with Crippen molar-refractivity contribution in [1.29, 1.82) is 0 Å². The third-order valence-corrected chi connectivity index (χ3v) is 4.55. The van der Waals surface area contributed by atoms with Crippen molar-refractivity contribution >= 4 is 16.8 Å². The number of aliphatic hydroxyl groups is 1. The van der Waals surface area contributed by atoms with Gasteiger partial charge in [0.1, 0.15) is 0 Å². The highest BCUT2D eigenvalue weighted by molar-refractivity contribution is 5.89. The lowest BCUT2D eigenvalue weighted by Crippen LogP contribution is -2.34. The molecule has 1 aliphatic rings. The number of nitrogens with one attached hydrogen (secondary N) is 2. The van der Waals surface area contributed by atoms with E-state index in [4.69, 9.17) is 0 Å². The van der Waals surface area contributed by atoms with Crippen LogP contribution >= 0.6 is 0 Å². The predicted octanol–water partition coefficient (Wildman–Crippen LogP) is 2.48. The Kier molecular flexibility index (Phi) is 3.39. The van der Waals surface area contributed by atoms with E-state index in [-0.39, 0.29) is 11.9 Å². The molecule has 2 atom stereocenters. The molecule has 0 bridgehead atoms. The van der Waals surface area contributed by atoms with Gasteiger partial charge in [-0.25, -0.2) is 0 Å². The lowest BCUT2D eigenvalue weighted by molar-refractivity contribution is -0.121. The summed E-state index contributed by atoms with van der Waals surface area (Å²) in [6.07, 6.45) is 2.21. The lowest BCUT2D eigenvalue weighted by Gasteiger charge is -2.17. The molecule has 0 saturated heterocycles. The summed E-state index contributed by atoms with van der Waals surface area (Å²) in [5, 5.41) is 14.3. The third-order valence-electron chi connectivity index (χ3n) is 4.55. The second-order valence-electron chi connectivity index (χ2n) is 6.05. The van der Waals surface area contributed by atoms with Gasteiger partial charge in [0.15, 0.2) is 0 Å². The summed E-state index contributed by atoms with van der Waals surface area (Å²) in [6.45, 7) is 0. The Morgan fingerprint density at radius 3 is 2.87 bits per heavy atom. The van der Waals surface area contributed by atoms with Crippen LogP contribution in [0.25, 0.3) is 10.9 Å².